The molecule has 0 spiro atoms. The van der Waals surface area contributed by atoms with Crippen molar-refractivity contribution < 1.29 is 24.6 Å². The first-order valence-electron chi connectivity index (χ1n) is 5.97. The van der Waals surface area contributed by atoms with Crippen LogP contribution in [-0.4, -0.2) is 77.3 Å². The maximum atomic E-state index is 11.8. The summed E-state index contributed by atoms with van der Waals surface area (Å²) < 4.78 is 0. The Morgan fingerprint density at radius 3 is 2.42 bits per heavy atom. The van der Waals surface area contributed by atoms with Gasteiger partial charge in [-0.3, -0.25) is 4.79 Å². The summed E-state index contributed by atoms with van der Waals surface area (Å²) >= 11 is 0. The van der Waals surface area contributed by atoms with Gasteiger partial charge in [0.15, 0.2) is 0 Å². The second-order valence-electron chi connectivity index (χ2n) is 4.79. The molecule has 0 radical (unpaired) electrons. The molecule has 1 aliphatic heterocycles. The van der Waals surface area contributed by atoms with Gasteiger partial charge in [0.05, 0.1) is 6.42 Å². The summed E-state index contributed by atoms with van der Waals surface area (Å²) in [4.78, 5) is 36.7. The lowest BCUT2D eigenvalue weighted by Crippen LogP contribution is -2.48. The van der Waals surface area contributed by atoms with E-state index >= 15 is 0 Å². The Morgan fingerprint density at radius 1 is 1.37 bits per heavy atom. The number of hydrogen-bond acceptors (Lipinski definition) is 4. The summed E-state index contributed by atoms with van der Waals surface area (Å²) in [7, 11) is 3.83. The third-order valence-corrected chi connectivity index (χ3v) is 3.16. The molecule has 0 saturated carbocycles. The number of nitrogens with zero attached hydrogens (tertiary/aromatic N) is 2. The molecule has 19 heavy (non-hydrogen) atoms. The highest BCUT2D eigenvalue weighted by molar-refractivity contribution is 5.86. The van der Waals surface area contributed by atoms with Gasteiger partial charge in [0.1, 0.15) is 6.04 Å². The number of rotatable bonds is 5. The highest BCUT2D eigenvalue weighted by Crippen LogP contribution is 2.13. The van der Waals surface area contributed by atoms with Crippen LogP contribution in [0.2, 0.25) is 0 Å². The molecule has 8 heteroatoms. The Balaban J connectivity index is 2.54. The number of carbonyl (C=O) groups is 3. The molecule has 8 nitrogen and oxygen atoms in total. The molecule has 3 N–H and O–H groups in total. The molecule has 0 bridgehead atoms. The van der Waals surface area contributed by atoms with Crippen molar-refractivity contribution in [3.63, 3.8) is 0 Å². The fraction of sp³-hybridized carbons (Fsp3) is 0.727. The van der Waals surface area contributed by atoms with Crippen LogP contribution in [0.25, 0.3) is 0 Å². The van der Waals surface area contributed by atoms with E-state index in [1.54, 1.807) is 0 Å². The Labute approximate surface area is 111 Å². The van der Waals surface area contributed by atoms with Crippen molar-refractivity contribution >= 4 is 18.0 Å². The zero-order valence-corrected chi connectivity index (χ0v) is 11.0. The van der Waals surface area contributed by atoms with Gasteiger partial charge in [-0.2, -0.15) is 0 Å². The molecule has 0 aliphatic carbocycles. The summed E-state index contributed by atoms with van der Waals surface area (Å²) in [6.45, 7) is 1.05. The number of likely N-dealkylation sites (N-methyl/N-ethyl adjacent to an activating group) is 1. The minimum atomic E-state index is -1.40. The molecule has 1 aliphatic rings. The van der Waals surface area contributed by atoms with Crippen LogP contribution in [0.15, 0.2) is 0 Å². The predicted molar refractivity (Wildman–Crippen MR) is 65.9 cm³/mol. The number of urea groups is 1. The highest BCUT2D eigenvalue weighted by Gasteiger charge is 2.30. The quantitative estimate of drug-likeness (QED) is 0.608. The second kappa shape index (κ2) is 6.37. The molecular formula is C11H19N3O5. The number of amides is 2. The van der Waals surface area contributed by atoms with Crippen LogP contribution in [0, 0.1) is 0 Å². The zero-order valence-electron chi connectivity index (χ0n) is 11.0. The summed E-state index contributed by atoms with van der Waals surface area (Å²) in [6.07, 6.45) is 0.184. The summed E-state index contributed by atoms with van der Waals surface area (Å²) in [5, 5.41) is 19.7. The van der Waals surface area contributed by atoms with Crippen LogP contribution in [0.4, 0.5) is 4.79 Å². The van der Waals surface area contributed by atoms with Crippen molar-refractivity contribution in [3.8, 4) is 0 Å². The monoisotopic (exact) mass is 273 g/mol. The molecule has 2 unspecified atom stereocenters. The highest BCUT2D eigenvalue weighted by atomic mass is 16.4. The van der Waals surface area contributed by atoms with E-state index in [1.807, 2.05) is 19.0 Å². The minimum Gasteiger partial charge on any atom is -0.481 e. The van der Waals surface area contributed by atoms with Crippen molar-refractivity contribution in [1.29, 1.82) is 0 Å². The topological polar surface area (TPSA) is 110 Å². The lowest BCUT2D eigenvalue weighted by atomic mass is 10.2. The Kier molecular flexibility index (Phi) is 5.11. The van der Waals surface area contributed by atoms with E-state index in [4.69, 9.17) is 10.2 Å². The van der Waals surface area contributed by atoms with Gasteiger partial charge in [-0.15, -0.1) is 0 Å². The van der Waals surface area contributed by atoms with Crippen molar-refractivity contribution in [2.45, 2.75) is 24.9 Å². The average Bonchev–Trinajstić information content (AvgIpc) is 2.76. The Hall–Kier alpha value is -1.83. The number of carbonyl (C=O) groups excluding carboxylic acids is 1. The molecule has 0 aromatic heterocycles. The predicted octanol–water partition coefficient (Wildman–Crippen LogP) is -0.740. The molecule has 0 aromatic carbocycles. The van der Waals surface area contributed by atoms with Gasteiger partial charge in [-0.05, 0) is 20.5 Å². The molecule has 1 fully saturated rings. The van der Waals surface area contributed by atoms with E-state index in [2.05, 4.69) is 5.32 Å². The Bertz CT molecular complexity index is 371. The van der Waals surface area contributed by atoms with Gasteiger partial charge in [0.25, 0.3) is 0 Å². The number of carboxylic acids is 2. The largest absolute Gasteiger partial charge is 0.481 e. The van der Waals surface area contributed by atoms with Gasteiger partial charge in [0, 0.05) is 19.1 Å². The van der Waals surface area contributed by atoms with Gasteiger partial charge < -0.3 is 25.3 Å². The van der Waals surface area contributed by atoms with Gasteiger partial charge in [0.2, 0.25) is 0 Å². The maximum Gasteiger partial charge on any atom is 0.326 e. The van der Waals surface area contributed by atoms with Gasteiger partial charge in [-0.1, -0.05) is 0 Å². The van der Waals surface area contributed by atoms with Crippen molar-refractivity contribution in [2.75, 3.05) is 27.2 Å². The van der Waals surface area contributed by atoms with Crippen LogP contribution in [0.5, 0.6) is 0 Å². The van der Waals surface area contributed by atoms with E-state index in [1.165, 1.54) is 4.90 Å². The molecule has 1 heterocycles. The zero-order chi connectivity index (χ0) is 14.6. The SMILES string of the molecule is CN(C)C1CCN(C(=O)NC(CC(=O)O)C(=O)O)C1. The summed E-state index contributed by atoms with van der Waals surface area (Å²) in [5.74, 6) is -2.61. The number of carboxylic acid groups (broad SMARTS) is 2. The van der Waals surface area contributed by atoms with E-state index in [-0.39, 0.29) is 6.04 Å². The normalized spacial score (nSPS) is 20.4. The fourth-order valence-corrected chi connectivity index (χ4v) is 1.96. The summed E-state index contributed by atoms with van der Waals surface area (Å²) in [6, 6.07) is -1.69. The van der Waals surface area contributed by atoms with Crippen LogP contribution in [0.1, 0.15) is 12.8 Å². The number of likely N-dealkylation sites (tertiary alicyclic amines) is 1. The average molecular weight is 273 g/mol. The lowest BCUT2D eigenvalue weighted by molar-refractivity contribution is -0.145. The van der Waals surface area contributed by atoms with Gasteiger partial charge >= 0.3 is 18.0 Å². The van der Waals surface area contributed by atoms with E-state index in [0.717, 1.165) is 6.42 Å². The van der Waals surface area contributed by atoms with E-state index in [0.29, 0.717) is 13.1 Å². The first-order chi connectivity index (χ1) is 8.81. The standard InChI is InChI=1S/C11H19N3O5/c1-13(2)7-3-4-14(6-7)11(19)12-8(10(17)18)5-9(15)16/h7-8H,3-6H2,1-2H3,(H,12,19)(H,15,16)(H,17,18). The van der Waals surface area contributed by atoms with Crippen LogP contribution < -0.4 is 5.32 Å². The number of nitrogens with one attached hydrogen (secondary N) is 1. The fourth-order valence-electron chi connectivity index (χ4n) is 1.96. The van der Waals surface area contributed by atoms with Gasteiger partial charge in [-0.25, -0.2) is 9.59 Å². The molecule has 0 aromatic rings. The van der Waals surface area contributed by atoms with E-state index in [9.17, 15) is 14.4 Å². The first kappa shape index (κ1) is 15.2. The Morgan fingerprint density at radius 2 is 2.00 bits per heavy atom. The van der Waals surface area contributed by atoms with Crippen LogP contribution in [-0.2, 0) is 9.59 Å². The third-order valence-electron chi connectivity index (χ3n) is 3.16. The first-order valence-corrected chi connectivity index (χ1v) is 5.97. The molecular weight excluding hydrogens is 254 g/mol. The number of aliphatic carboxylic acids is 2. The van der Waals surface area contributed by atoms with Crippen LogP contribution >= 0.6 is 0 Å². The van der Waals surface area contributed by atoms with Crippen molar-refractivity contribution in [3.05, 3.63) is 0 Å². The molecule has 108 valence electrons. The molecule has 1 saturated heterocycles. The minimum absolute atomic E-state index is 0.244. The van der Waals surface area contributed by atoms with Crippen LogP contribution in [0.3, 0.4) is 0 Å². The molecule has 2 amide bonds. The lowest BCUT2D eigenvalue weighted by Gasteiger charge is -2.22. The second-order valence-corrected chi connectivity index (χ2v) is 4.79. The number of hydrogen-bond donors (Lipinski definition) is 3. The molecule has 1 rings (SSSR count). The van der Waals surface area contributed by atoms with Crippen molar-refractivity contribution in [1.82, 2.24) is 15.1 Å². The smallest absolute Gasteiger partial charge is 0.326 e. The molecule has 2 atom stereocenters. The maximum absolute atomic E-state index is 11.8. The van der Waals surface area contributed by atoms with Crippen molar-refractivity contribution in [2.24, 2.45) is 0 Å². The summed E-state index contributed by atoms with van der Waals surface area (Å²) in [5.41, 5.74) is 0. The van der Waals surface area contributed by atoms with E-state index < -0.39 is 30.4 Å². The third kappa shape index (κ3) is 4.40.